The Morgan fingerprint density at radius 1 is 0.923 bits per heavy atom. The Morgan fingerprint density at radius 3 is 2.04 bits per heavy atom. The highest BCUT2D eigenvalue weighted by Crippen LogP contribution is 2.31. The van der Waals surface area contributed by atoms with Crippen LogP contribution >= 0.6 is 12.6 Å². The van der Waals surface area contributed by atoms with Gasteiger partial charge in [0.2, 0.25) is 11.8 Å². The normalized spacial score (nSPS) is 19.4. The minimum atomic E-state index is -1.03. The molecule has 1 saturated heterocycles. The summed E-state index contributed by atoms with van der Waals surface area (Å²) in [5.41, 5.74) is 0.848. The second-order valence-electron chi connectivity index (χ2n) is 15.2. The summed E-state index contributed by atoms with van der Waals surface area (Å²) < 4.78 is 11.9. The first-order valence-corrected chi connectivity index (χ1v) is 19.4. The van der Waals surface area contributed by atoms with E-state index >= 15 is 0 Å². The van der Waals surface area contributed by atoms with E-state index in [0.717, 1.165) is 18.4 Å². The molecule has 2 amide bonds. The molecular formula is C40H65N3O8S. The van der Waals surface area contributed by atoms with Gasteiger partial charge in [-0.3, -0.25) is 28.9 Å². The van der Waals surface area contributed by atoms with Crippen LogP contribution in [0, 0.1) is 29.6 Å². The average molecular weight is 748 g/mol. The lowest BCUT2D eigenvalue weighted by molar-refractivity contribution is -0.148. The number of amides is 2. The van der Waals surface area contributed by atoms with E-state index in [4.69, 9.17) is 9.47 Å². The number of thiol groups is 1. The van der Waals surface area contributed by atoms with Gasteiger partial charge in [0.15, 0.2) is 5.78 Å². The molecule has 0 bridgehead atoms. The molecule has 0 saturated carbocycles. The number of carbonyl (C=O) groups excluding carboxylic acids is 4. The van der Waals surface area contributed by atoms with Crippen molar-refractivity contribution in [1.82, 2.24) is 14.7 Å². The minimum absolute atomic E-state index is 0.00508. The van der Waals surface area contributed by atoms with Gasteiger partial charge in [-0.2, -0.15) is 12.6 Å². The number of likely N-dealkylation sites (N-methyl/N-ethyl adjacent to an activating group) is 2. The van der Waals surface area contributed by atoms with Crippen molar-refractivity contribution in [1.29, 1.82) is 0 Å². The van der Waals surface area contributed by atoms with Crippen molar-refractivity contribution in [2.45, 2.75) is 110 Å². The van der Waals surface area contributed by atoms with Gasteiger partial charge < -0.3 is 24.4 Å². The molecule has 0 unspecified atom stereocenters. The van der Waals surface area contributed by atoms with Gasteiger partial charge >= 0.3 is 5.97 Å². The first kappa shape index (κ1) is 45.4. The van der Waals surface area contributed by atoms with Crippen LogP contribution in [0.3, 0.4) is 0 Å². The maximum atomic E-state index is 14.1. The van der Waals surface area contributed by atoms with Crippen LogP contribution in [0.4, 0.5) is 0 Å². The number of carboxylic acid groups (broad SMARTS) is 1. The van der Waals surface area contributed by atoms with Crippen LogP contribution in [0.5, 0.6) is 0 Å². The Labute approximate surface area is 317 Å². The predicted molar refractivity (Wildman–Crippen MR) is 206 cm³/mol. The number of likely N-dealkylation sites (tertiary alicyclic amines) is 1. The molecule has 9 atom stereocenters. The number of Topliss-reactive ketones (excluding diaryl/α,β-unsaturated/α-hetero) is 2. The largest absolute Gasteiger partial charge is 0.481 e. The molecule has 294 valence electrons. The molecule has 0 aliphatic carbocycles. The zero-order chi connectivity index (χ0) is 39.3. The third kappa shape index (κ3) is 12.1. The second kappa shape index (κ2) is 21.8. The summed E-state index contributed by atoms with van der Waals surface area (Å²) in [5, 5.41) is 9.92. The molecule has 1 aliphatic heterocycles. The molecule has 1 heterocycles. The number of methoxy groups -OCH3 is 2. The van der Waals surface area contributed by atoms with E-state index in [1.54, 1.807) is 30.9 Å². The molecule has 0 spiro atoms. The number of benzene rings is 1. The molecule has 2 rings (SSSR count). The first-order valence-electron chi connectivity index (χ1n) is 18.7. The van der Waals surface area contributed by atoms with E-state index in [2.05, 4.69) is 12.6 Å². The maximum Gasteiger partial charge on any atom is 0.307 e. The van der Waals surface area contributed by atoms with Crippen molar-refractivity contribution < 1.29 is 38.6 Å². The van der Waals surface area contributed by atoms with E-state index in [9.17, 15) is 29.1 Å². The van der Waals surface area contributed by atoms with E-state index in [0.29, 0.717) is 13.0 Å². The molecule has 1 N–H and O–H groups in total. The van der Waals surface area contributed by atoms with Crippen molar-refractivity contribution in [2.75, 3.05) is 47.7 Å². The highest BCUT2D eigenvalue weighted by atomic mass is 32.1. The number of carboxylic acids is 1. The minimum Gasteiger partial charge on any atom is -0.481 e. The lowest BCUT2D eigenvalue weighted by Gasteiger charge is -2.40. The SMILES string of the molecule is CC[C@H](C)[C@@H]([C@@H](CC(=O)N1CCC[C@H]1[C@H](OC)[C@@H](C)C(=O)C[C@@H](Cc1ccccc1)C(=O)O)OC)N(C)C(=O)[C@H](CS)CC(=O)[C@H](C(C)C)N(C)C. The van der Waals surface area contributed by atoms with Crippen LogP contribution < -0.4 is 0 Å². The van der Waals surface area contributed by atoms with Crippen LogP contribution in [0.1, 0.15) is 78.7 Å². The van der Waals surface area contributed by atoms with E-state index in [-0.39, 0.29) is 78.7 Å². The summed E-state index contributed by atoms with van der Waals surface area (Å²) in [4.78, 5) is 72.5. The fraction of sp³-hybridized carbons (Fsp3) is 0.725. The third-order valence-corrected chi connectivity index (χ3v) is 11.5. The van der Waals surface area contributed by atoms with Gasteiger partial charge in [-0.1, -0.05) is 71.4 Å². The molecule has 1 aromatic rings. The summed E-state index contributed by atoms with van der Waals surface area (Å²) >= 11 is 4.48. The Balaban J connectivity index is 2.24. The van der Waals surface area contributed by atoms with E-state index in [1.165, 1.54) is 7.11 Å². The first-order chi connectivity index (χ1) is 24.5. The number of hydrogen-bond acceptors (Lipinski definition) is 9. The second-order valence-corrected chi connectivity index (χ2v) is 15.6. The van der Waals surface area contributed by atoms with Crippen molar-refractivity contribution >= 4 is 42.0 Å². The van der Waals surface area contributed by atoms with Crippen molar-refractivity contribution in [3.05, 3.63) is 35.9 Å². The van der Waals surface area contributed by atoms with E-state index in [1.807, 2.05) is 77.0 Å². The fourth-order valence-corrected chi connectivity index (χ4v) is 8.34. The summed E-state index contributed by atoms with van der Waals surface area (Å²) in [5.74, 6) is -3.49. The summed E-state index contributed by atoms with van der Waals surface area (Å²) in [6, 6.07) is 8.11. The third-order valence-electron chi connectivity index (χ3n) is 11.0. The monoisotopic (exact) mass is 747 g/mol. The fourth-order valence-electron chi connectivity index (χ4n) is 8.05. The smallest absolute Gasteiger partial charge is 0.307 e. The highest BCUT2D eigenvalue weighted by molar-refractivity contribution is 7.80. The van der Waals surface area contributed by atoms with Crippen LogP contribution in [0.15, 0.2) is 30.3 Å². The van der Waals surface area contributed by atoms with Crippen LogP contribution in [-0.4, -0.2) is 127 Å². The van der Waals surface area contributed by atoms with Gasteiger partial charge in [0.1, 0.15) is 5.78 Å². The highest BCUT2D eigenvalue weighted by Gasteiger charge is 2.43. The van der Waals surface area contributed by atoms with Gasteiger partial charge in [0.25, 0.3) is 0 Å². The van der Waals surface area contributed by atoms with Crippen molar-refractivity contribution in [3.8, 4) is 0 Å². The topological polar surface area (TPSA) is 134 Å². The van der Waals surface area contributed by atoms with Gasteiger partial charge in [-0.25, -0.2) is 0 Å². The standard InChI is InChI=1S/C40H65N3O8S/c1-11-26(4)37(42(8)39(47)30(24-52)22-33(45)36(25(2)3)41(6)7)34(50-9)23-35(46)43-19-15-18-31(43)38(51-10)27(5)32(44)21-29(40(48)49)20-28-16-13-12-14-17-28/h12-14,16-17,25-27,29-31,34,36-38,52H,11,15,18-24H2,1-10H3,(H,48,49)/t26-,27-,29+,30-,31-,34+,36-,37-,38+/m0/s1. The predicted octanol–water partition coefficient (Wildman–Crippen LogP) is 4.90. The number of rotatable bonds is 23. The Bertz CT molecular complexity index is 1300. The van der Waals surface area contributed by atoms with Crippen LogP contribution in [-0.2, 0) is 39.9 Å². The maximum absolute atomic E-state index is 14.1. The van der Waals surface area contributed by atoms with Crippen LogP contribution in [0.25, 0.3) is 0 Å². The average Bonchev–Trinajstić information content (AvgIpc) is 3.59. The van der Waals surface area contributed by atoms with Gasteiger partial charge in [0, 0.05) is 52.3 Å². The van der Waals surface area contributed by atoms with Crippen molar-refractivity contribution in [2.24, 2.45) is 29.6 Å². The number of carbonyl (C=O) groups is 5. The quantitative estimate of drug-likeness (QED) is 0.150. The number of nitrogens with zero attached hydrogens (tertiary/aromatic N) is 3. The summed E-state index contributed by atoms with van der Waals surface area (Å²) in [6.45, 7) is 10.3. The van der Waals surface area contributed by atoms with Crippen molar-refractivity contribution in [3.63, 3.8) is 0 Å². The van der Waals surface area contributed by atoms with E-state index < -0.39 is 42.0 Å². The number of ether oxygens (including phenoxy) is 2. The van der Waals surface area contributed by atoms with Gasteiger partial charge in [0.05, 0.1) is 48.6 Å². The molecule has 0 radical (unpaired) electrons. The Morgan fingerprint density at radius 2 is 1.54 bits per heavy atom. The molecule has 1 fully saturated rings. The molecular weight excluding hydrogens is 683 g/mol. The zero-order valence-electron chi connectivity index (χ0n) is 33.1. The lowest BCUT2D eigenvalue weighted by atomic mass is 9.85. The number of ketones is 2. The Hall–Kier alpha value is -2.80. The number of hydrogen-bond donors (Lipinski definition) is 2. The zero-order valence-corrected chi connectivity index (χ0v) is 34.0. The van der Waals surface area contributed by atoms with Crippen LogP contribution in [0.2, 0.25) is 0 Å². The molecule has 1 aromatic carbocycles. The Kier molecular flexibility index (Phi) is 19.0. The molecule has 0 aromatic heterocycles. The lowest BCUT2D eigenvalue weighted by Crippen LogP contribution is -2.54. The summed E-state index contributed by atoms with van der Waals surface area (Å²) in [6.07, 6.45) is 1.04. The van der Waals surface area contributed by atoms with Gasteiger partial charge in [-0.05, 0) is 50.8 Å². The molecule has 11 nitrogen and oxygen atoms in total. The molecule has 1 aliphatic rings. The number of aliphatic carboxylic acids is 1. The van der Waals surface area contributed by atoms with Gasteiger partial charge in [-0.15, -0.1) is 0 Å². The molecule has 52 heavy (non-hydrogen) atoms. The molecule has 12 heteroatoms. The summed E-state index contributed by atoms with van der Waals surface area (Å²) in [7, 11) is 8.52.